The van der Waals surface area contributed by atoms with Gasteiger partial charge in [-0.15, -0.1) is 0 Å². The molecule has 0 amide bonds. The molecular weight excluding hydrogens is 1660 g/mol. The molecule has 112 heavy (non-hydrogen) atoms. The molecule has 2 N–H and O–H groups in total. The maximum Gasteiger partial charge on any atom is 0.482 e. The molecular formula is C100H121B2BrN4O4U. The van der Waals surface area contributed by atoms with Crippen LogP contribution in [-0.4, -0.2) is 46.1 Å². The maximum absolute atomic E-state index is 7.00. The van der Waals surface area contributed by atoms with Crippen LogP contribution in [0, 0.1) is 31.1 Å². The Kier molecular flexibility index (Phi) is 18.7. The average molecular weight is 1830 g/mol. The summed E-state index contributed by atoms with van der Waals surface area (Å²) in [5.41, 5.74) is 23.5. The molecule has 0 aliphatic rings. The number of pyridine rings is 4. The van der Waals surface area contributed by atoms with Crippen LogP contribution in [0.1, 0.15) is 86.4 Å². The van der Waals surface area contributed by atoms with Crippen molar-refractivity contribution in [3.05, 3.63) is 417 Å². The quantitative estimate of drug-likeness (QED) is 0.0816. The molecule has 18 rings (SSSR count). The fraction of sp³-hybridized carbons (Fsp3) is 0. The second kappa shape index (κ2) is 38.6. The first-order valence-electron chi connectivity index (χ1n) is 58.9. The van der Waals surface area contributed by atoms with E-state index in [4.69, 9.17) is 92.2 Å². The van der Waals surface area contributed by atoms with Crippen LogP contribution in [0.3, 0.4) is 0 Å². The number of hydrogen-bond donors (Lipinski definition) is 2. The van der Waals surface area contributed by atoms with Gasteiger partial charge in [-0.1, -0.05) is 369 Å². The number of halogens is 1. The van der Waals surface area contributed by atoms with Gasteiger partial charge in [0.25, 0.3) is 0 Å². The first kappa shape index (κ1) is 54.1. The topological polar surface area (TPSA) is 118 Å². The normalized spacial score (nSPS) is 12.1. The zero-order chi connectivity index (χ0) is 121. The third-order valence-electron chi connectivity index (χ3n) is 18.7. The summed E-state index contributed by atoms with van der Waals surface area (Å²) < 4.78 is 245. The molecule has 8 nitrogen and oxygen atoms in total. The van der Waals surface area contributed by atoms with Gasteiger partial charge in [0.2, 0.25) is 0 Å². The summed E-state index contributed by atoms with van der Waals surface area (Å²) in [6.45, 7) is 12.2. The smallest absolute Gasteiger partial charge is 0.455 e. The van der Waals surface area contributed by atoms with Crippen LogP contribution in [0.2, 0.25) is 0 Å². The third-order valence-corrected chi connectivity index (χ3v) is 19.3. The van der Waals surface area contributed by atoms with Crippen molar-refractivity contribution in [2.45, 2.75) is 0 Å². The van der Waals surface area contributed by atoms with Gasteiger partial charge in [-0.3, -0.25) is 15.0 Å². The predicted octanol–water partition coefficient (Wildman–Crippen LogP) is 32.0. The summed E-state index contributed by atoms with van der Waals surface area (Å²) in [7, 11) is 0. The fourth-order valence-electron chi connectivity index (χ4n) is 13.6. The second-order valence-electron chi connectivity index (χ2n) is 25.4. The van der Waals surface area contributed by atoms with E-state index < -0.39 is 0 Å². The number of furan rings is 2. The van der Waals surface area contributed by atoms with E-state index in [1.807, 2.05) is 103 Å². The molecule has 6 heterocycles. The molecule has 582 valence electrons. The maximum atomic E-state index is 7.00. The number of aromatic nitrogens is 4. The van der Waals surface area contributed by atoms with E-state index >= 15 is 0 Å². The summed E-state index contributed by atoms with van der Waals surface area (Å²) in [6, 6.07) is 123. The van der Waals surface area contributed by atoms with Gasteiger partial charge < -0.3 is 18.9 Å². The van der Waals surface area contributed by atoms with Gasteiger partial charge in [-0.2, -0.15) is 0 Å². The first-order valence-corrected chi connectivity index (χ1v) is 36.7. The van der Waals surface area contributed by atoms with Crippen LogP contribution in [0.5, 0.6) is 0 Å². The van der Waals surface area contributed by atoms with Crippen molar-refractivity contribution in [1.82, 2.24) is 19.9 Å². The Labute approximate surface area is 760 Å². The summed E-state index contributed by atoms with van der Waals surface area (Å²) in [5.74, 6) is 3.45. The van der Waals surface area contributed by atoms with E-state index in [-0.39, 0.29) is 48.6 Å². The van der Waals surface area contributed by atoms with E-state index in [9.17, 15) is 0 Å². The Hall–Kier alpha value is -12.6. The molecule has 0 fully saturated rings. The number of rotatable bonds is 14. The van der Waals surface area contributed by atoms with Crippen LogP contribution < -0.4 is 0 Å². The van der Waals surface area contributed by atoms with Gasteiger partial charge in [0.15, 0.2) is 0 Å². The van der Waals surface area contributed by atoms with Crippen LogP contribution in [0.25, 0.3) is 174 Å². The molecule has 0 spiro atoms. The fourth-order valence-corrected chi connectivity index (χ4v) is 13.9. The van der Waals surface area contributed by atoms with Crippen molar-refractivity contribution >= 4 is 82.8 Å². The summed E-state index contributed by atoms with van der Waals surface area (Å²) in [5, 5.41) is 18.7. The molecule has 4 radical (unpaired) electrons. The Morgan fingerprint density at radius 3 is 1.08 bits per heavy atom. The minimum atomic E-state index is 0. The van der Waals surface area contributed by atoms with Crippen LogP contribution in [0.15, 0.2) is 410 Å². The molecule has 0 saturated heterocycles. The largest absolute Gasteiger partial charge is 0.482 e. The Morgan fingerprint density at radius 2 is 0.652 bits per heavy atom. The molecule has 0 unspecified atom stereocenters. The van der Waals surface area contributed by atoms with Crippen molar-refractivity contribution in [2.24, 2.45) is 0 Å². The van der Waals surface area contributed by atoms with E-state index in [2.05, 4.69) is 324 Å². The first-order chi connectivity index (χ1) is 77.3. The van der Waals surface area contributed by atoms with Crippen LogP contribution >= 0.6 is 15.9 Å². The Bertz CT molecular complexity index is 6210. The van der Waals surface area contributed by atoms with Gasteiger partial charge in [0, 0.05) is 199 Å². The van der Waals surface area contributed by atoms with Crippen LogP contribution in [-0.2, 0) is 0 Å². The van der Waals surface area contributed by atoms with Gasteiger partial charge in [0.1, 0.15) is 23.0 Å². The van der Waals surface area contributed by atoms with Crippen molar-refractivity contribution in [2.75, 3.05) is 0 Å². The van der Waals surface area contributed by atoms with Crippen molar-refractivity contribution in [3.63, 3.8) is 0 Å². The van der Waals surface area contributed by atoms with Crippen molar-refractivity contribution in [3.8, 4) is 124 Å². The zero-order valence-electron chi connectivity index (χ0n) is 107. The minimum Gasteiger partial charge on any atom is -0.455 e. The zero-order valence-corrected chi connectivity index (χ0v) is 66.9. The SMILES string of the molecule is Brc1ccc(-c2oc(-c3ccccc3)c(-c3ccccc3)c2-c2ccccc2)cc1.C=Cc1c(-c2ccc(-c3oc(-c4ccccc4)c(-c4ccccc4)c3-c3ccccc3)cc2)ccc(-c2ccc3ccc4cccnc4c3n2)c1C=C.C=Cc1cccnc1-c1ccccn1.O[B]O.[2HH].[2H][2H].[2H][2H].[2H][2H].[2H][2H].[2H][2H].[2H][2H].[2H][2H].[2H][2H].[2H][2H].[2H][2H].[2H][2H].[2H][2H].[2H][2H].[2H][2H].[2H][2H].[2H][2H].[2H][2H].[2H][2H].[2H][2H].[2H][2H].[2H][2H].[2H][2H].[2H][2H].[B].[U].c1ccc2ccccc2c1. The Morgan fingerprint density at radius 1 is 0.312 bits per heavy atom. The molecule has 12 aromatic carbocycles. The number of nitrogens with zero attached hydrogens (tertiary/aromatic N) is 4. The minimum absolute atomic E-state index is 0. The van der Waals surface area contributed by atoms with Crippen molar-refractivity contribution < 1.29 is 120 Å². The molecule has 0 atom stereocenters. The molecule has 18 aromatic rings. The van der Waals surface area contributed by atoms with Crippen LogP contribution in [0.4, 0.5) is 0 Å². The standard InChI is InChI=1S/C50H34N2O.C28H19BrO.C12H10N2.C10H8.BH2O2.B.U.24H2/c1-3-40-41(4-2)43(44-31-28-37-25-24-36-21-14-32-51-47(36)48(37)52-44)30-29-42(40)33-22-26-39(27-23-33)50-46(35-17-10-6-11-18-35)45(34-15-8-5-9-16-34)49(53-50)38-19-12-7-13-20-38;29-24-18-16-23(17-19-24)28-26(21-12-6-2-7-13-21)25(20-10-4-1-5-11-20)27(30-28)22-14-8-3-9-15-22;1-2-10-6-5-9-14-12(10)11-7-3-4-8-13-11;1-2-6-10-8-4-3-7-9(10)5-1;2-1-3;;;;;;;;;;;;;;;;;;;;;;;;;;/h3-32H,1-2H2;1-19H;2-9H,1H2;1-8H;2-3H;;;24*1H/i;;;;;;;23*1+1D;1+1. The van der Waals surface area contributed by atoms with E-state index in [0.717, 1.165) is 167 Å². The molecule has 6 aromatic heterocycles. The predicted molar refractivity (Wildman–Crippen MR) is 518 cm³/mol. The number of benzene rings is 12. The third kappa shape index (κ3) is 18.0. The molecule has 0 bridgehead atoms. The molecule has 0 aliphatic carbocycles. The average Bonchev–Trinajstić information content (AvgIpc) is 1.60. The molecule has 0 aliphatic heterocycles. The van der Waals surface area contributed by atoms with E-state index in [1.54, 1.807) is 18.5 Å². The van der Waals surface area contributed by atoms with Gasteiger partial charge in [-0.05, 0) is 97.7 Å². The molecule has 0 saturated carbocycles. The number of fused-ring (bicyclic) bond motifs is 4. The van der Waals surface area contributed by atoms with E-state index in [0.29, 0.717) is 0 Å². The number of hydrogen-bond acceptors (Lipinski definition) is 8. The summed E-state index contributed by atoms with van der Waals surface area (Å²) in [4.78, 5) is 18.3. The van der Waals surface area contributed by atoms with Gasteiger partial charge in [-0.25, -0.2) is 4.98 Å². The van der Waals surface area contributed by atoms with E-state index in [1.165, 1.54) is 10.8 Å². The molecule has 12 heteroatoms. The summed E-state index contributed by atoms with van der Waals surface area (Å²) in [6.07, 6.45) is 11.0. The van der Waals surface area contributed by atoms with Gasteiger partial charge in [0.05, 0.1) is 28.1 Å². The Balaban J connectivity index is -0.000000156. The summed E-state index contributed by atoms with van der Waals surface area (Å²) >= 11 is 3.54. The monoisotopic (exact) mass is 1830 g/mol. The van der Waals surface area contributed by atoms with Crippen molar-refractivity contribution in [1.29, 1.82) is 0 Å². The second-order valence-corrected chi connectivity index (χ2v) is 26.3. The van der Waals surface area contributed by atoms with Gasteiger partial charge >= 0.3 is 7.69 Å².